The number of nitrogens with zero attached hydrogens (tertiary/aromatic N) is 1. The third-order valence-corrected chi connectivity index (χ3v) is 6.12. The summed E-state index contributed by atoms with van der Waals surface area (Å²) in [6.07, 6.45) is 1.71. The fourth-order valence-corrected chi connectivity index (χ4v) is 4.60. The molecule has 166 valence electrons. The van der Waals surface area contributed by atoms with E-state index in [4.69, 9.17) is 9.15 Å². The van der Waals surface area contributed by atoms with Gasteiger partial charge in [0, 0.05) is 40.8 Å². The molecule has 2 N–H and O–H groups in total. The minimum atomic E-state index is -0.504. The highest BCUT2D eigenvalue weighted by molar-refractivity contribution is 5.94. The normalized spacial score (nSPS) is 15.3. The van der Waals surface area contributed by atoms with Gasteiger partial charge in [-0.15, -0.1) is 0 Å². The van der Waals surface area contributed by atoms with Crippen molar-refractivity contribution < 1.29 is 24.2 Å². The molecule has 5 aromatic rings. The maximum atomic E-state index is 13.1. The number of pyridine rings is 1. The van der Waals surface area contributed by atoms with E-state index in [1.54, 1.807) is 18.3 Å². The Kier molecular flexibility index (Phi) is 4.38. The number of carbonyl (C=O) groups excluding carboxylic acids is 1. The first-order valence-corrected chi connectivity index (χ1v) is 10.7. The second-order valence-electron chi connectivity index (χ2n) is 8.19. The summed E-state index contributed by atoms with van der Waals surface area (Å²) in [5.74, 6) is -0.804. The first kappa shape index (κ1) is 20.0. The first-order valence-electron chi connectivity index (χ1n) is 10.7. The highest BCUT2D eigenvalue weighted by atomic mass is 16.5. The van der Waals surface area contributed by atoms with Crippen LogP contribution in [0.15, 0.2) is 82.1 Å². The van der Waals surface area contributed by atoms with Gasteiger partial charge < -0.3 is 19.4 Å². The summed E-state index contributed by atoms with van der Waals surface area (Å²) in [6.45, 7) is 0. The van der Waals surface area contributed by atoms with Crippen LogP contribution in [0, 0.1) is 0 Å². The van der Waals surface area contributed by atoms with Crippen molar-refractivity contribution in [3.8, 4) is 28.6 Å². The van der Waals surface area contributed by atoms with Crippen molar-refractivity contribution in [2.24, 2.45) is 0 Å². The molecule has 2 aromatic heterocycles. The van der Waals surface area contributed by atoms with Gasteiger partial charge in [0.25, 0.3) is 0 Å². The number of phenols is 2. The number of aromatic hydroxyl groups is 2. The molecule has 3 heterocycles. The average Bonchev–Trinajstić information content (AvgIpc) is 2.83. The second-order valence-corrected chi connectivity index (χ2v) is 8.19. The van der Waals surface area contributed by atoms with Crippen LogP contribution in [0.1, 0.15) is 23.5 Å². The van der Waals surface area contributed by atoms with E-state index < -0.39 is 17.3 Å². The van der Waals surface area contributed by atoms with E-state index in [2.05, 4.69) is 4.98 Å². The summed E-state index contributed by atoms with van der Waals surface area (Å²) in [7, 11) is 0. The molecule has 7 nitrogen and oxygen atoms in total. The summed E-state index contributed by atoms with van der Waals surface area (Å²) in [5, 5.41) is 21.2. The summed E-state index contributed by atoms with van der Waals surface area (Å²) in [4.78, 5) is 30.1. The molecule has 0 bridgehead atoms. The number of fused-ring (bicyclic) bond motifs is 4. The number of aromatic nitrogens is 1. The minimum absolute atomic E-state index is 0.0115. The van der Waals surface area contributed by atoms with Crippen LogP contribution in [0.25, 0.3) is 33.2 Å². The van der Waals surface area contributed by atoms with Crippen molar-refractivity contribution in [3.05, 3.63) is 94.3 Å². The zero-order valence-electron chi connectivity index (χ0n) is 17.7. The van der Waals surface area contributed by atoms with Gasteiger partial charge in [0.1, 0.15) is 34.0 Å². The van der Waals surface area contributed by atoms with Crippen LogP contribution < -0.4 is 10.2 Å². The van der Waals surface area contributed by atoms with Gasteiger partial charge in [0.15, 0.2) is 5.43 Å². The molecule has 3 aromatic carbocycles. The van der Waals surface area contributed by atoms with E-state index in [9.17, 15) is 19.8 Å². The molecule has 0 radical (unpaired) electrons. The van der Waals surface area contributed by atoms with Crippen LogP contribution in [-0.2, 0) is 4.79 Å². The number of benzene rings is 3. The zero-order valence-corrected chi connectivity index (χ0v) is 17.7. The molecule has 1 aliphatic heterocycles. The van der Waals surface area contributed by atoms with Crippen LogP contribution in [0.5, 0.6) is 17.2 Å². The lowest BCUT2D eigenvalue weighted by atomic mass is 9.84. The first-order chi connectivity index (χ1) is 16.5. The van der Waals surface area contributed by atoms with Crippen LogP contribution in [0.3, 0.4) is 0 Å². The van der Waals surface area contributed by atoms with E-state index >= 15 is 0 Å². The number of rotatable bonds is 2. The van der Waals surface area contributed by atoms with Crippen LogP contribution in [-0.4, -0.2) is 21.2 Å². The van der Waals surface area contributed by atoms with Crippen LogP contribution in [0.2, 0.25) is 0 Å². The van der Waals surface area contributed by atoms with Gasteiger partial charge in [-0.1, -0.05) is 24.3 Å². The summed E-state index contributed by atoms with van der Waals surface area (Å²) >= 11 is 0. The van der Waals surface area contributed by atoms with Crippen LogP contribution >= 0.6 is 0 Å². The Morgan fingerprint density at radius 1 is 0.941 bits per heavy atom. The van der Waals surface area contributed by atoms with Crippen molar-refractivity contribution in [2.75, 3.05) is 0 Å². The number of carbonyl (C=O) groups is 1. The Balaban J connectivity index is 1.68. The quantitative estimate of drug-likeness (QED) is 0.291. The fourth-order valence-electron chi connectivity index (χ4n) is 4.60. The molecule has 0 spiro atoms. The predicted molar refractivity (Wildman–Crippen MR) is 125 cm³/mol. The Morgan fingerprint density at radius 2 is 1.74 bits per heavy atom. The summed E-state index contributed by atoms with van der Waals surface area (Å²) < 4.78 is 11.7. The molecule has 0 saturated carbocycles. The average molecular weight is 451 g/mol. The number of ether oxygens (including phenoxy) is 1. The Morgan fingerprint density at radius 3 is 2.56 bits per heavy atom. The van der Waals surface area contributed by atoms with E-state index in [0.717, 1.165) is 16.5 Å². The second kappa shape index (κ2) is 7.45. The molecular formula is C27H17NO6. The highest BCUT2D eigenvalue weighted by Gasteiger charge is 2.34. The van der Waals surface area contributed by atoms with E-state index in [1.807, 2.05) is 30.3 Å². The zero-order chi connectivity index (χ0) is 23.4. The maximum Gasteiger partial charge on any atom is 0.312 e. The Hall–Kier alpha value is -4.65. The number of hydrogen-bond donors (Lipinski definition) is 2. The smallest absolute Gasteiger partial charge is 0.312 e. The molecule has 0 aliphatic carbocycles. The molecule has 6 rings (SSSR count). The topological polar surface area (TPSA) is 110 Å². The highest BCUT2D eigenvalue weighted by Crippen LogP contribution is 2.47. The van der Waals surface area contributed by atoms with Crippen LogP contribution in [0.4, 0.5) is 0 Å². The van der Waals surface area contributed by atoms with Crippen molar-refractivity contribution >= 4 is 27.8 Å². The maximum absolute atomic E-state index is 13.1. The lowest BCUT2D eigenvalue weighted by molar-refractivity contribution is -0.135. The number of para-hydroxylation sites is 1. The number of hydrogen-bond acceptors (Lipinski definition) is 7. The molecule has 1 atom stereocenters. The predicted octanol–water partition coefficient (Wildman–Crippen LogP) is 4.86. The molecule has 0 amide bonds. The third-order valence-electron chi connectivity index (χ3n) is 6.12. The fraction of sp³-hybridized carbons (Fsp3) is 0.0741. The number of esters is 1. The molecule has 34 heavy (non-hydrogen) atoms. The standard InChI is InChI=1S/C27H17NO6/c29-16-8-6-14(7-9-16)21-12-19(30)25-20(31)13-22-24(27(25)34-21)18(11-23(32)33-22)17-5-1-3-15-4-2-10-28-26(15)17/h1-10,12-13,18,29,31H,11H2. The Bertz CT molecular complexity index is 1660. The van der Waals surface area contributed by atoms with E-state index in [-0.39, 0.29) is 40.4 Å². The van der Waals surface area contributed by atoms with Gasteiger partial charge in [0.05, 0.1) is 11.9 Å². The lowest BCUT2D eigenvalue weighted by Gasteiger charge is -2.26. The minimum Gasteiger partial charge on any atom is -0.508 e. The molecule has 1 unspecified atom stereocenters. The van der Waals surface area contributed by atoms with Crippen molar-refractivity contribution in [2.45, 2.75) is 12.3 Å². The van der Waals surface area contributed by atoms with Gasteiger partial charge in [0.2, 0.25) is 0 Å². The van der Waals surface area contributed by atoms with Gasteiger partial charge >= 0.3 is 5.97 Å². The SMILES string of the molecule is O=C1CC(c2cccc3cccnc23)c2c(cc(O)c3c(=O)cc(-c4ccc(O)cc4)oc23)O1. The molecule has 0 fully saturated rings. The summed E-state index contributed by atoms with van der Waals surface area (Å²) in [5.41, 5.74) is 2.32. The largest absolute Gasteiger partial charge is 0.508 e. The van der Waals surface area contributed by atoms with Crippen molar-refractivity contribution in [3.63, 3.8) is 0 Å². The molecule has 0 saturated heterocycles. The Labute approximate surface area is 192 Å². The lowest BCUT2D eigenvalue weighted by Crippen LogP contribution is -2.22. The van der Waals surface area contributed by atoms with E-state index in [1.165, 1.54) is 24.3 Å². The van der Waals surface area contributed by atoms with Gasteiger partial charge in [-0.05, 0) is 35.9 Å². The van der Waals surface area contributed by atoms with Gasteiger partial charge in [-0.25, -0.2) is 0 Å². The summed E-state index contributed by atoms with van der Waals surface area (Å²) in [6, 6.07) is 18.3. The molecular weight excluding hydrogens is 434 g/mol. The monoisotopic (exact) mass is 451 g/mol. The molecule has 7 heteroatoms. The van der Waals surface area contributed by atoms with Crippen molar-refractivity contribution in [1.29, 1.82) is 0 Å². The van der Waals surface area contributed by atoms with Gasteiger partial charge in [-0.2, -0.15) is 0 Å². The third kappa shape index (κ3) is 3.09. The van der Waals surface area contributed by atoms with Crippen molar-refractivity contribution in [1.82, 2.24) is 4.98 Å². The molecule has 1 aliphatic rings. The van der Waals surface area contributed by atoms with Gasteiger partial charge in [-0.3, -0.25) is 14.6 Å². The van der Waals surface area contributed by atoms with E-state index in [0.29, 0.717) is 11.1 Å². The number of phenolic OH excluding ortho intramolecular Hbond substituents is 2.